The summed E-state index contributed by atoms with van der Waals surface area (Å²) in [5, 5.41) is 5.73. The fourth-order valence-electron chi connectivity index (χ4n) is 4.33. The summed E-state index contributed by atoms with van der Waals surface area (Å²) in [5.41, 5.74) is 3.84. The highest BCUT2D eigenvalue weighted by molar-refractivity contribution is 9.10. The highest BCUT2D eigenvalue weighted by Crippen LogP contribution is 2.38. The van der Waals surface area contributed by atoms with Gasteiger partial charge < -0.3 is 10.2 Å². The molecule has 0 radical (unpaired) electrons. The molecule has 1 aromatic heterocycles. The Hall–Kier alpha value is -2.24. The lowest BCUT2D eigenvalue weighted by atomic mass is 9.98. The Balaban J connectivity index is 1.46. The van der Waals surface area contributed by atoms with Crippen LogP contribution in [0.2, 0.25) is 0 Å². The van der Waals surface area contributed by atoms with Crippen molar-refractivity contribution in [1.29, 1.82) is 0 Å². The van der Waals surface area contributed by atoms with E-state index in [1.165, 1.54) is 31.5 Å². The van der Waals surface area contributed by atoms with E-state index in [1.54, 1.807) is 0 Å². The molecule has 154 valence electrons. The summed E-state index contributed by atoms with van der Waals surface area (Å²) in [6.45, 7) is 3.50. The molecule has 4 nitrogen and oxygen atoms in total. The molecule has 0 unspecified atom stereocenters. The normalized spacial score (nSPS) is 16.8. The molecule has 2 heterocycles. The van der Waals surface area contributed by atoms with Crippen molar-refractivity contribution in [3.63, 3.8) is 0 Å². The zero-order chi connectivity index (χ0) is 20.5. The van der Waals surface area contributed by atoms with Crippen molar-refractivity contribution in [3.05, 3.63) is 64.4 Å². The number of benzene rings is 2. The molecule has 30 heavy (non-hydrogen) atoms. The highest BCUT2D eigenvalue weighted by atomic mass is 79.9. The van der Waals surface area contributed by atoms with Crippen molar-refractivity contribution < 1.29 is 4.79 Å². The predicted octanol–water partition coefficient (Wildman–Crippen LogP) is 5.97. The van der Waals surface area contributed by atoms with Crippen LogP contribution in [0.15, 0.2) is 53.3 Å². The van der Waals surface area contributed by atoms with Crippen LogP contribution in [0.3, 0.4) is 0 Å². The number of pyridine rings is 1. The van der Waals surface area contributed by atoms with Crippen molar-refractivity contribution in [1.82, 2.24) is 9.88 Å². The van der Waals surface area contributed by atoms with Crippen LogP contribution >= 0.6 is 15.9 Å². The van der Waals surface area contributed by atoms with Crippen LogP contribution in [0.5, 0.6) is 0 Å². The Kier molecular flexibility index (Phi) is 5.57. The van der Waals surface area contributed by atoms with Crippen molar-refractivity contribution in [2.24, 2.45) is 5.92 Å². The first-order chi connectivity index (χ1) is 14.7. The summed E-state index contributed by atoms with van der Waals surface area (Å²) in [5.74, 6) is 0.428. The van der Waals surface area contributed by atoms with Gasteiger partial charge in [0.15, 0.2) is 5.78 Å². The number of Topliss-reactive ketones (excluding diaryl/α,β-unsaturated/α-hetero) is 1. The SMILES string of the molecule is O=C(c1ccc2ccc(Br)cc2c1Nc1cncc(CCN2CCCC2)c1)C1CC1. The summed E-state index contributed by atoms with van der Waals surface area (Å²) in [6.07, 6.45) is 9.43. The van der Waals surface area contributed by atoms with Gasteiger partial charge in [0.25, 0.3) is 0 Å². The topological polar surface area (TPSA) is 45.2 Å². The number of carbonyl (C=O) groups is 1. The second-order valence-electron chi connectivity index (χ2n) is 8.50. The van der Waals surface area contributed by atoms with Crippen LogP contribution in [0.4, 0.5) is 11.4 Å². The van der Waals surface area contributed by atoms with E-state index in [9.17, 15) is 4.79 Å². The van der Waals surface area contributed by atoms with Crippen LogP contribution in [-0.4, -0.2) is 35.3 Å². The number of nitrogens with one attached hydrogen (secondary N) is 1. The lowest BCUT2D eigenvalue weighted by Crippen LogP contribution is -2.21. The van der Waals surface area contributed by atoms with Crippen molar-refractivity contribution in [2.45, 2.75) is 32.1 Å². The molecule has 1 saturated heterocycles. The number of ketones is 1. The quantitative estimate of drug-likeness (QED) is 0.438. The summed E-state index contributed by atoms with van der Waals surface area (Å²) < 4.78 is 1.01. The molecule has 2 aliphatic rings. The number of aromatic nitrogens is 1. The van der Waals surface area contributed by atoms with E-state index in [2.05, 4.69) is 49.3 Å². The minimum atomic E-state index is 0.181. The van der Waals surface area contributed by atoms with Gasteiger partial charge in [-0.25, -0.2) is 0 Å². The second-order valence-corrected chi connectivity index (χ2v) is 9.41. The molecule has 5 rings (SSSR count). The monoisotopic (exact) mass is 463 g/mol. The maximum absolute atomic E-state index is 13.0. The zero-order valence-corrected chi connectivity index (χ0v) is 18.6. The van der Waals surface area contributed by atoms with Crippen molar-refractivity contribution >= 4 is 43.9 Å². The third-order valence-electron chi connectivity index (χ3n) is 6.18. The fraction of sp³-hybridized carbons (Fsp3) is 0.360. The summed E-state index contributed by atoms with van der Waals surface area (Å²) in [7, 11) is 0. The van der Waals surface area contributed by atoms with E-state index < -0.39 is 0 Å². The molecule has 3 aromatic rings. The molecular weight excluding hydrogens is 438 g/mol. The Morgan fingerprint density at radius 2 is 1.90 bits per heavy atom. The van der Waals surface area contributed by atoms with E-state index in [4.69, 9.17) is 0 Å². The lowest BCUT2D eigenvalue weighted by Gasteiger charge is -2.17. The number of rotatable bonds is 7. The van der Waals surface area contributed by atoms with Crippen LogP contribution in [0.25, 0.3) is 10.8 Å². The van der Waals surface area contributed by atoms with Crippen LogP contribution < -0.4 is 5.32 Å². The highest BCUT2D eigenvalue weighted by Gasteiger charge is 2.32. The third-order valence-corrected chi connectivity index (χ3v) is 6.67. The molecule has 0 spiro atoms. The number of carbonyl (C=O) groups excluding carboxylic acids is 1. The maximum atomic E-state index is 13.0. The maximum Gasteiger partial charge on any atom is 0.168 e. The average Bonchev–Trinajstić information content (AvgIpc) is 3.48. The van der Waals surface area contributed by atoms with Gasteiger partial charge in [-0.15, -0.1) is 0 Å². The Morgan fingerprint density at radius 1 is 1.10 bits per heavy atom. The molecule has 0 amide bonds. The lowest BCUT2D eigenvalue weighted by molar-refractivity contribution is 0.0968. The molecule has 1 N–H and O–H groups in total. The Bertz CT molecular complexity index is 1090. The van der Waals surface area contributed by atoms with E-state index in [-0.39, 0.29) is 11.7 Å². The van der Waals surface area contributed by atoms with Crippen molar-refractivity contribution in [2.75, 3.05) is 25.0 Å². The van der Waals surface area contributed by atoms with Gasteiger partial charge in [0.2, 0.25) is 0 Å². The van der Waals surface area contributed by atoms with E-state index >= 15 is 0 Å². The third kappa shape index (κ3) is 4.28. The number of fused-ring (bicyclic) bond motifs is 1. The van der Waals surface area contributed by atoms with Crippen molar-refractivity contribution in [3.8, 4) is 0 Å². The first-order valence-electron chi connectivity index (χ1n) is 10.9. The van der Waals surface area contributed by atoms with Crippen LogP contribution in [-0.2, 0) is 6.42 Å². The summed E-state index contributed by atoms with van der Waals surface area (Å²) in [4.78, 5) is 20.0. The zero-order valence-electron chi connectivity index (χ0n) is 17.0. The van der Waals surface area contributed by atoms with Gasteiger partial charge in [0, 0.05) is 34.1 Å². The van der Waals surface area contributed by atoms with Crippen LogP contribution in [0, 0.1) is 5.92 Å². The van der Waals surface area contributed by atoms with Gasteiger partial charge in [0.05, 0.1) is 17.6 Å². The molecule has 2 fully saturated rings. The number of anilines is 2. The number of nitrogens with zero attached hydrogens (tertiary/aromatic N) is 2. The standard InChI is InChI=1S/C25H26BrN3O/c26-20-7-5-18-6-8-22(25(30)19-3-4-19)24(23(18)14-20)28-21-13-17(15-27-16-21)9-12-29-10-1-2-11-29/h5-8,13-16,19,28H,1-4,9-12H2. The van der Waals surface area contributed by atoms with Gasteiger partial charge >= 0.3 is 0 Å². The number of hydrogen-bond donors (Lipinski definition) is 1. The average molecular weight is 464 g/mol. The number of likely N-dealkylation sites (tertiary alicyclic amines) is 1. The van der Waals surface area contributed by atoms with Crippen LogP contribution in [0.1, 0.15) is 41.6 Å². The first kappa shape index (κ1) is 19.7. The summed E-state index contributed by atoms with van der Waals surface area (Å²) >= 11 is 3.59. The van der Waals surface area contributed by atoms with Gasteiger partial charge in [-0.3, -0.25) is 9.78 Å². The molecule has 2 aromatic carbocycles. The van der Waals surface area contributed by atoms with Gasteiger partial charge in [-0.1, -0.05) is 28.1 Å². The number of hydrogen-bond acceptors (Lipinski definition) is 4. The molecule has 1 saturated carbocycles. The Morgan fingerprint density at radius 3 is 2.70 bits per heavy atom. The molecule has 1 aliphatic heterocycles. The predicted molar refractivity (Wildman–Crippen MR) is 126 cm³/mol. The Labute approximate surface area is 185 Å². The van der Waals surface area contributed by atoms with E-state index in [0.29, 0.717) is 0 Å². The fourth-order valence-corrected chi connectivity index (χ4v) is 4.69. The molecule has 1 aliphatic carbocycles. The molecule has 5 heteroatoms. The summed E-state index contributed by atoms with van der Waals surface area (Å²) in [6, 6.07) is 12.4. The largest absolute Gasteiger partial charge is 0.353 e. The van der Waals surface area contributed by atoms with Gasteiger partial charge in [-0.05, 0) is 80.4 Å². The number of halogens is 1. The molecule has 0 atom stereocenters. The first-order valence-corrected chi connectivity index (χ1v) is 11.7. The molecule has 0 bridgehead atoms. The van der Waals surface area contributed by atoms with Gasteiger partial charge in [-0.2, -0.15) is 0 Å². The minimum Gasteiger partial charge on any atom is -0.353 e. The second kappa shape index (κ2) is 8.48. The molecular formula is C25H26BrN3O. The van der Waals surface area contributed by atoms with E-state index in [1.807, 2.05) is 30.6 Å². The van der Waals surface area contributed by atoms with Gasteiger partial charge in [0.1, 0.15) is 0 Å². The van der Waals surface area contributed by atoms with E-state index in [0.717, 1.165) is 58.0 Å². The minimum absolute atomic E-state index is 0.181. The smallest absolute Gasteiger partial charge is 0.168 e.